The van der Waals surface area contributed by atoms with Gasteiger partial charge in [-0.1, -0.05) is 37.1 Å². The van der Waals surface area contributed by atoms with Gasteiger partial charge in [-0.3, -0.25) is 4.79 Å². The van der Waals surface area contributed by atoms with Crippen LogP contribution in [-0.4, -0.2) is 27.9 Å². The second kappa shape index (κ2) is 6.53. The van der Waals surface area contributed by atoms with Crippen molar-refractivity contribution in [1.29, 1.82) is 0 Å². The summed E-state index contributed by atoms with van der Waals surface area (Å²) in [7, 11) is 0. The number of rotatable bonds is 6. The van der Waals surface area contributed by atoms with Crippen LogP contribution >= 0.6 is 0 Å². The summed E-state index contributed by atoms with van der Waals surface area (Å²) in [4.78, 5) is 10.8. The van der Waals surface area contributed by atoms with Crippen molar-refractivity contribution < 1.29 is 14.5 Å². The second-order valence-electron chi connectivity index (χ2n) is 8.11. The van der Waals surface area contributed by atoms with Crippen molar-refractivity contribution in [3.63, 3.8) is 0 Å². The molecule has 1 N–H and O–H groups in total. The number of aryl methyl sites for hydroxylation is 1. The van der Waals surface area contributed by atoms with Gasteiger partial charge in [-0.2, -0.15) is 4.58 Å². The largest absolute Gasteiger partial charge is 0.481 e. The van der Waals surface area contributed by atoms with Crippen molar-refractivity contribution in [2.75, 3.05) is 6.54 Å². The fourth-order valence-corrected chi connectivity index (χ4v) is 5.04. The molecule has 0 radical (unpaired) electrons. The third-order valence-electron chi connectivity index (χ3n) is 6.52. The first kappa shape index (κ1) is 17.3. The number of carboxylic acid groups (broad SMARTS) is 1. The molecule has 4 rings (SSSR count). The monoisotopic (exact) mass is 350 g/mol. The van der Waals surface area contributed by atoms with E-state index in [4.69, 9.17) is 5.11 Å². The van der Waals surface area contributed by atoms with Gasteiger partial charge in [-0.15, -0.1) is 0 Å². The summed E-state index contributed by atoms with van der Waals surface area (Å²) in [5, 5.41) is 11.6. The van der Waals surface area contributed by atoms with Gasteiger partial charge in [0.1, 0.15) is 6.54 Å². The molecule has 2 aliphatic rings. The number of hydrogen-bond donors (Lipinski definition) is 1. The third kappa shape index (κ3) is 2.65. The molecule has 0 fully saturated rings. The number of carbonyl (C=O) groups is 1. The molecule has 1 atom stereocenters. The molecule has 0 spiro atoms. The van der Waals surface area contributed by atoms with Crippen LogP contribution in [0, 0.1) is 0 Å². The molecule has 0 saturated heterocycles. The van der Waals surface area contributed by atoms with Gasteiger partial charge in [0.25, 0.3) is 0 Å². The molecule has 2 heterocycles. The highest BCUT2D eigenvalue weighted by atomic mass is 16.4. The Morgan fingerprint density at radius 3 is 2.85 bits per heavy atom. The minimum Gasteiger partial charge on any atom is -0.481 e. The molecular formula is C23H28NO2+. The number of aliphatic carboxylic acids is 1. The van der Waals surface area contributed by atoms with E-state index in [2.05, 4.69) is 48.8 Å². The Hall–Kier alpha value is -2.16. The van der Waals surface area contributed by atoms with Crippen molar-refractivity contribution in [2.24, 2.45) is 0 Å². The van der Waals surface area contributed by atoms with Crippen LogP contribution in [-0.2, 0) is 16.6 Å². The molecule has 2 aliphatic heterocycles. The lowest BCUT2D eigenvalue weighted by atomic mass is 9.73. The average Bonchev–Trinajstić information content (AvgIpc) is 2.85. The van der Waals surface area contributed by atoms with E-state index in [0.29, 0.717) is 0 Å². The van der Waals surface area contributed by atoms with Crippen molar-refractivity contribution in [2.45, 2.75) is 64.2 Å². The number of carboxylic acids is 1. The van der Waals surface area contributed by atoms with E-state index in [1.165, 1.54) is 46.1 Å². The lowest BCUT2D eigenvalue weighted by Crippen LogP contribution is -2.30. The number of nitrogens with zero attached hydrogens (tertiary/aromatic N) is 1. The van der Waals surface area contributed by atoms with E-state index in [1.807, 2.05) is 0 Å². The molecule has 26 heavy (non-hydrogen) atoms. The van der Waals surface area contributed by atoms with Crippen molar-refractivity contribution in [3.8, 4) is 0 Å². The highest BCUT2D eigenvalue weighted by molar-refractivity contribution is 6.02. The summed E-state index contributed by atoms with van der Waals surface area (Å²) in [6.45, 7) is 5.83. The molecule has 3 nitrogen and oxygen atoms in total. The smallest absolute Gasteiger partial charge is 0.303 e. The molecule has 2 aromatic rings. The molecule has 3 heteroatoms. The van der Waals surface area contributed by atoms with E-state index in [1.54, 1.807) is 0 Å². The van der Waals surface area contributed by atoms with Gasteiger partial charge in [-0.05, 0) is 43.0 Å². The maximum atomic E-state index is 10.8. The molecule has 0 aliphatic carbocycles. The fourth-order valence-electron chi connectivity index (χ4n) is 5.04. The standard InChI is InChI=1S/C23H27NO2/c1-16-23(2,13-7-3-4-12-20(25)26)21-19-11-6-5-9-17(19)15-18-10-8-14-24(16)22(18)21/h5-6,9,11,15H,3-4,7-8,10,12-14H2,1-2H3/p+1. The zero-order valence-electron chi connectivity index (χ0n) is 15.8. The van der Waals surface area contributed by atoms with Crippen LogP contribution in [0.1, 0.15) is 63.5 Å². The Morgan fingerprint density at radius 2 is 2.04 bits per heavy atom. The molecule has 2 aromatic carbocycles. The first-order valence-electron chi connectivity index (χ1n) is 9.91. The van der Waals surface area contributed by atoms with Crippen LogP contribution in [0.3, 0.4) is 0 Å². The minimum absolute atomic E-state index is 0.0541. The molecular weight excluding hydrogens is 322 g/mol. The lowest BCUT2D eigenvalue weighted by molar-refractivity contribution is -0.444. The van der Waals surface area contributed by atoms with E-state index in [-0.39, 0.29) is 11.8 Å². The highest BCUT2D eigenvalue weighted by Crippen LogP contribution is 2.49. The van der Waals surface area contributed by atoms with Gasteiger partial charge in [0.05, 0.1) is 5.41 Å². The van der Waals surface area contributed by atoms with Crippen LogP contribution in [0.2, 0.25) is 0 Å². The molecule has 0 saturated carbocycles. The van der Waals surface area contributed by atoms with Gasteiger partial charge >= 0.3 is 5.97 Å². The lowest BCUT2D eigenvalue weighted by Gasteiger charge is -2.24. The SMILES string of the molecule is CC1=[N+]2CCCc3cc4ccccc4c(c32)C1(C)CCCCCC(=O)O. The van der Waals surface area contributed by atoms with Crippen molar-refractivity contribution in [3.05, 3.63) is 41.5 Å². The van der Waals surface area contributed by atoms with Crippen LogP contribution in [0.15, 0.2) is 30.3 Å². The Morgan fingerprint density at radius 1 is 1.23 bits per heavy atom. The van der Waals surface area contributed by atoms with E-state index >= 15 is 0 Å². The fraction of sp³-hybridized carbons (Fsp3) is 0.478. The maximum absolute atomic E-state index is 10.8. The van der Waals surface area contributed by atoms with E-state index < -0.39 is 5.97 Å². The first-order chi connectivity index (χ1) is 12.5. The quantitative estimate of drug-likeness (QED) is 0.575. The predicted octanol–water partition coefficient (Wildman–Crippen LogP) is 5.20. The van der Waals surface area contributed by atoms with Crippen LogP contribution in [0.25, 0.3) is 10.8 Å². The normalized spacial score (nSPS) is 21.3. The zero-order chi connectivity index (χ0) is 18.3. The summed E-state index contributed by atoms with van der Waals surface area (Å²) < 4.78 is 2.57. The Kier molecular flexibility index (Phi) is 4.34. The molecule has 0 aromatic heterocycles. The third-order valence-corrected chi connectivity index (χ3v) is 6.52. The number of unbranched alkanes of at least 4 members (excludes halogenated alkanes) is 2. The molecule has 0 bridgehead atoms. The summed E-state index contributed by atoms with van der Waals surface area (Å²) in [6.07, 6.45) is 6.62. The Bertz CT molecular complexity index is 912. The number of benzene rings is 2. The van der Waals surface area contributed by atoms with Crippen molar-refractivity contribution >= 4 is 28.1 Å². The summed E-state index contributed by atoms with van der Waals surface area (Å²) in [5.41, 5.74) is 6.02. The number of fused-ring (bicyclic) bond motifs is 2. The van der Waals surface area contributed by atoms with Gasteiger partial charge in [0.15, 0.2) is 5.71 Å². The number of hydrogen-bond acceptors (Lipinski definition) is 1. The summed E-state index contributed by atoms with van der Waals surface area (Å²) in [6, 6.07) is 11.2. The first-order valence-corrected chi connectivity index (χ1v) is 9.91. The van der Waals surface area contributed by atoms with Crippen LogP contribution in [0.5, 0.6) is 0 Å². The molecule has 136 valence electrons. The Labute approximate surface area is 155 Å². The Balaban J connectivity index is 1.73. The molecule has 0 amide bonds. The van der Waals surface area contributed by atoms with Crippen LogP contribution < -0.4 is 0 Å². The van der Waals surface area contributed by atoms with Crippen molar-refractivity contribution in [1.82, 2.24) is 0 Å². The van der Waals surface area contributed by atoms with Gasteiger partial charge < -0.3 is 5.11 Å². The predicted molar refractivity (Wildman–Crippen MR) is 106 cm³/mol. The van der Waals surface area contributed by atoms with E-state index in [0.717, 1.165) is 32.2 Å². The zero-order valence-corrected chi connectivity index (χ0v) is 15.8. The highest BCUT2D eigenvalue weighted by Gasteiger charge is 2.49. The van der Waals surface area contributed by atoms with Gasteiger partial charge in [0, 0.05) is 30.9 Å². The summed E-state index contributed by atoms with van der Waals surface area (Å²) in [5.74, 6) is -0.683. The molecule has 1 unspecified atom stereocenters. The van der Waals surface area contributed by atoms with E-state index in [9.17, 15) is 4.79 Å². The van der Waals surface area contributed by atoms with Gasteiger partial charge in [0.2, 0.25) is 5.69 Å². The second-order valence-corrected chi connectivity index (χ2v) is 8.11. The summed E-state index contributed by atoms with van der Waals surface area (Å²) >= 11 is 0. The minimum atomic E-state index is -0.683. The van der Waals surface area contributed by atoms with Crippen LogP contribution in [0.4, 0.5) is 5.69 Å². The topological polar surface area (TPSA) is 40.3 Å². The van der Waals surface area contributed by atoms with Gasteiger partial charge in [-0.25, -0.2) is 0 Å². The maximum Gasteiger partial charge on any atom is 0.303 e. The average molecular weight is 350 g/mol.